The van der Waals surface area contributed by atoms with Gasteiger partial charge in [-0.25, -0.2) is 0 Å². The van der Waals surface area contributed by atoms with Gasteiger partial charge >= 0.3 is 0 Å². The van der Waals surface area contributed by atoms with Crippen molar-refractivity contribution in [3.05, 3.63) is 0 Å². The average molecular weight is 309 g/mol. The maximum atomic E-state index is 11.9. The first-order chi connectivity index (χ1) is 10.6. The largest absolute Gasteiger partial charge is 0.355 e. The molecule has 0 aromatic carbocycles. The van der Waals surface area contributed by atoms with Gasteiger partial charge in [-0.2, -0.15) is 0 Å². The van der Waals surface area contributed by atoms with Crippen LogP contribution in [0.5, 0.6) is 0 Å². The minimum atomic E-state index is 0.0946. The van der Waals surface area contributed by atoms with E-state index in [0.29, 0.717) is 25.6 Å². The van der Waals surface area contributed by atoms with E-state index in [0.717, 1.165) is 44.7 Å². The number of nitrogens with one attached hydrogen (secondary N) is 1. The van der Waals surface area contributed by atoms with Crippen LogP contribution in [0.1, 0.15) is 51.9 Å². The molecule has 2 fully saturated rings. The summed E-state index contributed by atoms with van der Waals surface area (Å²) in [5.74, 6) is 1.16. The van der Waals surface area contributed by atoms with Crippen LogP contribution in [0.2, 0.25) is 0 Å². The Kier molecular flexibility index (Phi) is 6.68. The highest BCUT2D eigenvalue weighted by Crippen LogP contribution is 2.34. The number of carbonyl (C=O) groups is 2. The molecule has 1 atom stereocenters. The quantitative estimate of drug-likeness (QED) is 0.693. The first kappa shape index (κ1) is 17.3. The lowest BCUT2D eigenvalue weighted by Crippen LogP contribution is -2.41. The van der Waals surface area contributed by atoms with E-state index in [2.05, 4.69) is 17.1 Å². The fourth-order valence-corrected chi connectivity index (χ4v) is 3.14. The zero-order valence-corrected chi connectivity index (χ0v) is 14.1. The summed E-state index contributed by atoms with van der Waals surface area (Å²) in [5.41, 5.74) is 0. The number of rotatable bonds is 8. The number of likely N-dealkylation sites (N-methyl/N-ethyl adjacent to an activating group) is 1. The van der Waals surface area contributed by atoms with Crippen LogP contribution < -0.4 is 5.32 Å². The second-order valence-electron chi connectivity index (χ2n) is 6.89. The highest BCUT2D eigenvalue weighted by atomic mass is 16.2. The summed E-state index contributed by atoms with van der Waals surface area (Å²) in [6.45, 7) is 4.99. The monoisotopic (exact) mass is 309 g/mol. The fourth-order valence-electron chi connectivity index (χ4n) is 3.14. The molecule has 126 valence electrons. The molecule has 1 aliphatic heterocycles. The first-order valence-electron chi connectivity index (χ1n) is 8.82. The number of likely N-dealkylation sites (tertiary alicyclic amines) is 1. The Morgan fingerprint density at radius 1 is 1.36 bits per heavy atom. The molecule has 2 amide bonds. The van der Waals surface area contributed by atoms with E-state index < -0.39 is 0 Å². The molecule has 1 heterocycles. The molecular formula is C17H31N3O2. The fraction of sp³-hybridized carbons (Fsp3) is 0.882. The van der Waals surface area contributed by atoms with Crippen LogP contribution in [0.15, 0.2) is 0 Å². The van der Waals surface area contributed by atoms with Crippen LogP contribution in [-0.4, -0.2) is 60.9 Å². The predicted molar refractivity (Wildman–Crippen MR) is 87.5 cm³/mol. The standard InChI is InChI=1S/C17H31N3O2/c1-14(15-8-9-15)19(2)13-16(21)18-10-6-12-20-11-5-3-4-7-17(20)22/h14-15H,3-13H2,1-2H3,(H,18,21)/t14-/m0/s1. The van der Waals surface area contributed by atoms with Gasteiger partial charge in [-0.3, -0.25) is 14.5 Å². The third-order valence-corrected chi connectivity index (χ3v) is 4.99. The van der Waals surface area contributed by atoms with Crippen molar-refractivity contribution in [1.29, 1.82) is 0 Å². The molecule has 22 heavy (non-hydrogen) atoms. The minimum absolute atomic E-state index is 0.0946. The molecule has 1 saturated heterocycles. The Morgan fingerprint density at radius 3 is 2.86 bits per heavy atom. The van der Waals surface area contributed by atoms with Gasteiger partial charge < -0.3 is 10.2 Å². The molecule has 0 radical (unpaired) electrons. The van der Waals surface area contributed by atoms with Gasteiger partial charge in [0.1, 0.15) is 0 Å². The Labute approximate surface area is 134 Å². The van der Waals surface area contributed by atoms with Gasteiger partial charge in [-0.05, 0) is 52.0 Å². The van der Waals surface area contributed by atoms with Crippen molar-refractivity contribution in [3.8, 4) is 0 Å². The van der Waals surface area contributed by atoms with Crippen molar-refractivity contribution in [2.24, 2.45) is 5.92 Å². The Morgan fingerprint density at radius 2 is 2.14 bits per heavy atom. The molecule has 0 aromatic heterocycles. The Hall–Kier alpha value is -1.10. The number of nitrogens with zero attached hydrogens (tertiary/aromatic N) is 2. The van der Waals surface area contributed by atoms with Crippen molar-refractivity contribution < 1.29 is 9.59 Å². The van der Waals surface area contributed by atoms with Crippen LogP contribution in [0.3, 0.4) is 0 Å². The average Bonchev–Trinajstić information content (AvgIpc) is 3.32. The summed E-state index contributed by atoms with van der Waals surface area (Å²) in [6, 6.07) is 0.500. The smallest absolute Gasteiger partial charge is 0.234 e. The summed E-state index contributed by atoms with van der Waals surface area (Å²) in [5, 5.41) is 2.98. The van der Waals surface area contributed by atoms with Crippen molar-refractivity contribution in [2.45, 2.75) is 57.9 Å². The normalized spacial score (nSPS) is 20.9. The van der Waals surface area contributed by atoms with Crippen molar-refractivity contribution >= 4 is 11.8 Å². The molecule has 0 spiro atoms. The number of hydrogen-bond donors (Lipinski definition) is 1. The second kappa shape index (κ2) is 8.51. The lowest BCUT2D eigenvalue weighted by atomic mass is 10.2. The zero-order valence-electron chi connectivity index (χ0n) is 14.1. The SMILES string of the molecule is C[C@@H](C1CC1)N(C)CC(=O)NCCCN1CCCCCC1=O. The van der Waals surface area contributed by atoms with Crippen molar-refractivity contribution in [2.75, 3.05) is 33.2 Å². The molecule has 5 nitrogen and oxygen atoms in total. The predicted octanol–water partition coefficient (Wildman–Crippen LogP) is 1.63. The molecule has 1 N–H and O–H groups in total. The molecule has 0 unspecified atom stereocenters. The topological polar surface area (TPSA) is 52.7 Å². The zero-order chi connectivity index (χ0) is 15.9. The Balaban J connectivity index is 1.57. The van der Waals surface area contributed by atoms with Crippen LogP contribution in [0, 0.1) is 5.92 Å². The molecule has 2 rings (SSSR count). The highest BCUT2D eigenvalue weighted by molar-refractivity contribution is 5.78. The molecule has 5 heteroatoms. The van der Waals surface area contributed by atoms with Gasteiger partial charge in [0, 0.05) is 32.1 Å². The van der Waals surface area contributed by atoms with E-state index >= 15 is 0 Å². The Bertz CT molecular complexity index is 382. The molecule has 0 bridgehead atoms. The summed E-state index contributed by atoms with van der Waals surface area (Å²) in [4.78, 5) is 27.9. The molecule has 1 saturated carbocycles. The number of carbonyl (C=O) groups excluding carboxylic acids is 2. The molecule has 2 aliphatic rings. The minimum Gasteiger partial charge on any atom is -0.355 e. The van der Waals surface area contributed by atoms with E-state index in [1.165, 1.54) is 12.8 Å². The third-order valence-electron chi connectivity index (χ3n) is 4.99. The van der Waals surface area contributed by atoms with E-state index in [1.807, 2.05) is 11.9 Å². The van der Waals surface area contributed by atoms with Gasteiger partial charge in [-0.15, -0.1) is 0 Å². The van der Waals surface area contributed by atoms with Crippen molar-refractivity contribution in [1.82, 2.24) is 15.1 Å². The first-order valence-corrected chi connectivity index (χ1v) is 8.82. The maximum Gasteiger partial charge on any atom is 0.234 e. The molecule has 1 aliphatic carbocycles. The van der Waals surface area contributed by atoms with Gasteiger partial charge in [0.15, 0.2) is 0 Å². The maximum absolute atomic E-state index is 11.9. The van der Waals surface area contributed by atoms with Gasteiger partial charge in [0.2, 0.25) is 11.8 Å². The summed E-state index contributed by atoms with van der Waals surface area (Å²) >= 11 is 0. The van der Waals surface area contributed by atoms with Gasteiger partial charge in [0.05, 0.1) is 6.54 Å². The lowest BCUT2D eigenvalue weighted by molar-refractivity contribution is -0.130. The third kappa shape index (κ3) is 5.59. The highest BCUT2D eigenvalue weighted by Gasteiger charge is 2.30. The van der Waals surface area contributed by atoms with Crippen LogP contribution in [0.4, 0.5) is 0 Å². The van der Waals surface area contributed by atoms with E-state index in [-0.39, 0.29) is 11.8 Å². The van der Waals surface area contributed by atoms with E-state index in [9.17, 15) is 9.59 Å². The van der Waals surface area contributed by atoms with Crippen LogP contribution in [-0.2, 0) is 9.59 Å². The second-order valence-corrected chi connectivity index (χ2v) is 6.89. The lowest BCUT2D eigenvalue weighted by Gasteiger charge is -2.24. The summed E-state index contributed by atoms with van der Waals surface area (Å²) < 4.78 is 0. The van der Waals surface area contributed by atoms with Crippen LogP contribution in [0.25, 0.3) is 0 Å². The van der Waals surface area contributed by atoms with Crippen LogP contribution >= 0.6 is 0 Å². The van der Waals surface area contributed by atoms with Gasteiger partial charge in [0.25, 0.3) is 0 Å². The van der Waals surface area contributed by atoms with Crippen molar-refractivity contribution in [3.63, 3.8) is 0 Å². The van der Waals surface area contributed by atoms with E-state index in [4.69, 9.17) is 0 Å². The summed E-state index contributed by atoms with van der Waals surface area (Å²) in [6.07, 6.45) is 7.44. The number of hydrogen-bond acceptors (Lipinski definition) is 3. The number of amides is 2. The van der Waals surface area contributed by atoms with E-state index in [1.54, 1.807) is 0 Å². The van der Waals surface area contributed by atoms with Gasteiger partial charge in [-0.1, -0.05) is 6.42 Å². The molecule has 0 aromatic rings. The summed E-state index contributed by atoms with van der Waals surface area (Å²) in [7, 11) is 2.03. The molecular weight excluding hydrogens is 278 g/mol.